The zero-order valence-corrected chi connectivity index (χ0v) is 15.8. The summed E-state index contributed by atoms with van der Waals surface area (Å²) in [5.41, 5.74) is 2.44. The highest BCUT2D eigenvalue weighted by molar-refractivity contribution is 6.14. The molecular formula is C23H22O5. The Morgan fingerprint density at radius 2 is 1.36 bits per heavy atom. The van der Waals surface area contributed by atoms with E-state index in [0.717, 1.165) is 24.0 Å². The van der Waals surface area contributed by atoms with E-state index in [1.165, 1.54) is 5.56 Å². The topological polar surface area (TPSA) is 69.7 Å². The molecule has 1 aliphatic carbocycles. The Labute approximate surface area is 164 Å². The van der Waals surface area contributed by atoms with Crippen molar-refractivity contribution in [3.63, 3.8) is 0 Å². The van der Waals surface area contributed by atoms with E-state index in [-0.39, 0.29) is 11.4 Å². The van der Waals surface area contributed by atoms with Gasteiger partial charge in [-0.25, -0.2) is 9.59 Å². The van der Waals surface area contributed by atoms with Gasteiger partial charge in [0.15, 0.2) is 5.78 Å². The van der Waals surface area contributed by atoms with Crippen molar-refractivity contribution < 1.29 is 23.9 Å². The second-order valence-corrected chi connectivity index (χ2v) is 6.94. The van der Waals surface area contributed by atoms with Crippen molar-refractivity contribution in [1.82, 2.24) is 0 Å². The molecule has 2 aliphatic rings. The fourth-order valence-electron chi connectivity index (χ4n) is 3.14. The van der Waals surface area contributed by atoms with Gasteiger partial charge in [-0.3, -0.25) is 4.79 Å². The van der Waals surface area contributed by atoms with Crippen LogP contribution in [0.25, 0.3) is 0 Å². The first-order chi connectivity index (χ1) is 13.4. The molecule has 5 nitrogen and oxygen atoms in total. The lowest BCUT2D eigenvalue weighted by atomic mass is 10.0. The van der Waals surface area contributed by atoms with Crippen LogP contribution in [0, 0.1) is 6.92 Å². The monoisotopic (exact) mass is 378 g/mol. The number of carbonyl (C=O) groups excluding carboxylic acids is 3. The van der Waals surface area contributed by atoms with Crippen molar-refractivity contribution in [3.05, 3.63) is 83.4 Å². The second-order valence-electron chi connectivity index (χ2n) is 6.94. The lowest BCUT2D eigenvalue weighted by molar-refractivity contribution is -0.232. The van der Waals surface area contributed by atoms with E-state index in [4.69, 9.17) is 9.47 Å². The van der Waals surface area contributed by atoms with Crippen molar-refractivity contribution in [1.29, 1.82) is 0 Å². The summed E-state index contributed by atoms with van der Waals surface area (Å²) >= 11 is 0. The fourth-order valence-corrected chi connectivity index (χ4v) is 3.14. The maximum atomic E-state index is 12.0. The smallest absolute Gasteiger partial charge is 0.348 e. The first-order valence-corrected chi connectivity index (χ1v) is 9.22. The molecule has 2 aromatic carbocycles. The molecule has 1 aliphatic heterocycles. The Kier molecular flexibility index (Phi) is 5.73. The summed E-state index contributed by atoms with van der Waals surface area (Å²) in [5, 5.41) is 0. The highest BCUT2D eigenvalue weighted by Crippen LogP contribution is 2.37. The summed E-state index contributed by atoms with van der Waals surface area (Å²) in [5.74, 6) is -2.16. The average molecular weight is 378 g/mol. The third-order valence-electron chi connectivity index (χ3n) is 4.77. The van der Waals surface area contributed by atoms with Crippen molar-refractivity contribution in [3.8, 4) is 0 Å². The summed E-state index contributed by atoms with van der Waals surface area (Å²) in [6.45, 7) is 5.29. The average Bonchev–Trinajstić information content (AvgIpc) is 3.15. The van der Waals surface area contributed by atoms with Crippen LogP contribution in [-0.2, 0) is 19.1 Å². The molecule has 0 aromatic heterocycles. The first-order valence-electron chi connectivity index (χ1n) is 9.22. The molecule has 4 rings (SSSR count). The minimum absolute atomic E-state index is 0.0793. The number of rotatable bonds is 2. The normalized spacial score (nSPS) is 17.4. The Hall–Kier alpha value is -3.21. The summed E-state index contributed by atoms with van der Waals surface area (Å²) in [6.07, 6.45) is 3.07. The van der Waals surface area contributed by atoms with Crippen LogP contribution in [0.4, 0.5) is 0 Å². The van der Waals surface area contributed by atoms with Crippen LogP contribution in [0.2, 0.25) is 0 Å². The van der Waals surface area contributed by atoms with E-state index < -0.39 is 17.7 Å². The molecule has 1 saturated heterocycles. The Morgan fingerprint density at radius 1 is 0.857 bits per heavy atom. The van der Waals surface area contributed by atoms with E-state index in [2.05, 4.69) is 6.58 Å². The molecule has 2 fully saturated rings. The minimum atomic E-state index is -0.963. The number of esters is 2. The van der Waals surface area contributed by atoms with E-state index >= 15 is 0 Å². The van der Waals surface area contributed by atoms with Crippen molar-refractivity contribution in [2.75, 3.05) is 0 Å². The maximum absolute atomic E-state index is 12.0. The van der Waals surface area contributed by atoms with Crippen LogP contribution in [0.1, 0.15) is 47.2 Å². The Morgan fingerprint density at radius 3 is 1.89 bits per heavy atom. The summed E-state index contributed by atoms with van der Waals surface area (Å²) in [6, 6.07) is 17.0. The molecule has 0 atom stereocenters. The van der Waals surface area contributed by atoms with Crippen molar-refractivity contribution in [2.45, 2.75) is 38.4 Å². The van der Waals surface area contributed by atoms with Crippen LogP contribution in [-0.4, -0.2) is 23.5 Å². The van der Waals surface area contributed by atoms with Gasteiger partial charge in [-0.15, -0.1) is 0 Å². The zero-order valence-electron chi connectivity index (χ0n) is 15.8. The highest BCUT2D eigenvalue weighted by Gasteiger charge is 2.47. The highest BCUT2D eigenvalue weighted by atomic mass is 16.7. The lowest BCUT2D eigenvalue weighted by Crippen LogP contribution is -2.44. The van der Waals surface area contributed by atoms with Gasteiger partial charge < -0.3 is 9.47 Å². The van der Waals surface area contributed by atoms with Gasteiger partial charge in [0, 0.05) is 24.0 Å². The van der Waals surface area contributed by atoms with Gasteiger partial charge >= 0.3 is 11.9 Å². The Balaban J connectivity index is 0.000000162. The number of benzene rings is 2. The zero-order chi connectivity index (χ0) is 20.1. The van der Waals surface area contributed by atoms with Gasteiger partial charge in [0.1, 0.15) is 5.57 Å². The number of ether oxygens (including phenoxy) is 2. The predicted molar refractivity (Wildman–Crippen MR) is 104 cm³/mol. The molecule has 0 unspecified atom stereocenters. The SMILES string of the molecule is C=C1C(=O)OC2(CCCC2)OC1=O.Cc1ccc(C(=O)c2ccccc2)cc1. The summed E-state index contributed by atoms with van der Waals surface area (Å²) < 4.78 is 10.1. The fraction of sp³-hybridized carbons (Fsp3) is 0.261. The van der Waals surface area contributed by atoms with Gasteiger partial charge in [-0.2, -0.15) is 0 Å². The molecule has 0 radical (unpaired) electrons. The van der Waals surface area contributed by atoms with E-state index in [9.17, 15) is 14.4 Å². The van der Waals surface area contributed by atoms with E-state index in [1.54, 1.807) is 0 Å². The van der Waals surface area contributed by atoms with Crippen LogP contribution < -0.4 is 0 Å². The third kappa shape index (κ3) is 4.36. The molecule has 0 bridgehead atoms. The largest absolute Gasteiger partial charge is 0.419 e. The van der Waals surface area contributed by atoms with Crippen LogP contribution >= 0.6 is 0 Å². The van der Waals surface area contributed by atoms with Crippen molar-refractivity contribution in [2.24, 2.45) is 0 Å². The van der Waals surface area contributed by atoms with Gasteiger partial charge in [-0.05, 0) is 19.8 Å². The molecule has 1 saturated carbocycles. The van der Waals surface area contributed by atoms with Crippen LogP contribution in [0.15, 0.2) is 66.7 Å². The molecule has 0 amide bonds. The van der Waals surface area contributed by atoms with Gasteiger partial charge in [0.05, 0.1) is 0 Å². The van der Waals surface area contributed by atoms with Crippen LogP contribution in [0.5, 0.6) is 0 Å². The number of aryl methyl sites for hydroxylation is 1. The van der Waals surface area contributed by atoms with E-state index in [1.807, 2.05) is 61.5 Å². The molecular weight excluding hydrogens is 356 g/mol. The van der Waals surface area contributed by atoms with E-state index in [0.29, 0.717) is 12.8 Å². The molecule has 0 N–H and O–H groups in total. The number of ketones is 1. The molecule has 28 heavy (non-hydrogen) atoms. The quantitative estimate of drug-likeness (QED) is 0.340. The second kappa shape index (κ2) is 8.21. The van der Waals surface area contributed by atoms with Crippen molar-refractivity contribution >= 4 is 17.7 Å². The molecule has 1 heterocycles. The number of hydrogen-bond acceptors (Lipinski definition) is 5. The number of carbonyl (C=O) groups is 3. The molecule has 5 heteroatoms. The molecule has 144 valence electrons. The standard InChI is InChI=1S/C14H12O.C9H10O4/c1-11-7-9-13(10-8-11)14(15)12-5-3-2-4-6-12;1-6-7(10)12-9(13-8(6)11)4-2-3-5-9/h2-10H,1H3;1-5H2. The maximum Gasteiger partial charge on any atom is 0.348 e. The first kappa shape index (κ1) is 19.5. The van der Waals surface area contributed by atoms with Gasteiger partial charge in [0.25, 0.3) is 5.79 Å². The molecule has 2 aromatic rings. The minimum Gasteiger partial charge on any atom is -0.419 e. The summed E-state index contributed by atoms with van der Waals surface area (Å²) in [7, 11) is 0. The molecule has 1 spiro atoms. The Bertz CT molecular complexity index is 868. The van der Waals surface area contributed by atoms with Gasteiger partial charge in [0.2, 0.25) is 0 Å². The summed E-state index contributed by atoms with van der Waals surface area (Å²) in [4.78, 5) is 34.2. The number of hydrogen-bond donors (Lipinski definition) is 0. The third-order valence-corrected chi connectivity index (χ3v) is 4.77. The lowest BCUT2D eigenvalue weighted by Gasteiger charge is -2.32. The predicted octanol–water partition coefficient (Wildman–Crippen LogP) is 4.14. The van der Waals surface area contributed by atoms with Crippen LogP contribution in [0.3, 0.4) is 0 Å². The van der Waals surface area contributed by atoms with Gasteiger partial charge in [-0.1, -0.05) is 66.7 Å².